The highest BCUT2D eigenvalue weighted by Gasteiger charge is 2.19. The van der Waals surface area contributed by atoms with Crippen molar-refractivity contribution in [3.63, 3.8) is 0 Å². The number of anilines is 1. The van der Waals surface area contributed by atoms with Crippen molar-refractivity contribution in [1.29, 1.82) is 0 Å². The Kier molecular flexibility index (Phi) is 3.84. The maximum absolute atomic E-state index is 12.0. The van der Waals surface area contributed by atoms with Crippen molar-refractivity contribution in [2.45, 2.75) is 11.3 Å². The van der Waals surface area contributed by atoms with E-state index < -0.39 is 10.8 Å². The molecule has 0 saturated carbocycles. The van der Waals surface area contributed by atoms with Gasteiger partial charge in [-0.15, -0.1) is 0 Å². The summed E-state index contributed by atoms with van der Waals surface area (Å²) in [6.45, 7) is 1.50. The molecule has 1 aliphatic heterocycles. The Labute approximate surface area is 102 Å². The lowest BCUT2D eigenvalue weighted by Crippen LogP contribution is -2.11. The molecule has 2 unspecified atom stereocenters. The van der Waals surface area contributed by atoms with Crippen LogP contribution in [0.15, 0.2) is 23.1 Å². The topological polar surface area (TPSA) is 52.3 Å². The van der Waals surface area contributed by atoms with E-state index in [0.29, 0.717) is 29.0 Å². The predicted octanol–water partition coefficient (Wildman–Crippen LogP) is 2.07. The van der Waals surface area contributed by atoms with Crippen LogP contribution in [-0.4, -0.2) is 23.2 Å². The smallest absolute Gasteiger partial charge is 0.0647 e. The first kappa shape index (κ1) is 11.9. The minimum absolute atomic E-state index is 0.400. The van der Waals surface area contributed by atoms with Crippen molar-refractivity contribution in [3.8, 4) is 0 Å². The van der Waals surface area contributed by atoms with Gasteiger partial charge in [-0.05, 0) is 30.5 Å². The lowest BCUT2D eigenvalue weighted by atomic mass is 10.2. The van der Waals surface area contributed by atoms with Gasteiger partial charge in [-0.25, -0.2) is 0 Å². The molecule has 1 aromatic rings. The molecule has 5 heteroatoms. The Bertz CT molecular complexity index is 405. The minimum atomic E-state index is -1.01. The van der Waals surface area contributed by atoms with Crippen molar-refractivity contribution < 1.29 is 8.95 Å². The van der Waals surface area contributed by atoms with Crippen LogP contribution in [0.1, 0.15) is 6.42 Å². The molecule has 16 heavy (non-hydrogen) atoms. The summed E-state index contributed by atoms with van der Waals surface area (Å²) < 4.78 is 17.3. The molecule has 3 nitrogen and oxygen atoms in total. The van der Waals surface area contributed by atoms with Gasteiger partial charge in [0.25, 0.3) is 0 Å². The number of rotatable bonds is 3. The molecule has 0 aliphatic carbocycles. The van der Waals surface area contributed by atoms with Gasteiger partial charge in [0.05, 0.1) is 28.1 Å². The van der Waals surface area contributed by atoms with E-state index in [2.05, 4.69) is 0 Å². The molecular formula is C11H14ClNO2S. The second kappa shape index (κ2) is 5.17. The van der Waals surface area contributed by atoms with Gasteiger partial charge in [0.15, 0.2) is 0 Å². The first-order chi connectivity index (χ1) is 7.66. The Morgan fingerprint density at radius 3 is 3.00 bits per heavy atom. The van der Waals surface area contributed by atoms with Gasteiger partial charge in [0, 0.05) is 17.3 Å². The molecule has 1 aromatic carbocycles. The zero-order valence-corrected chi connectivity index (χ0v) is 10.4. The summed E-state index contributed by atoms with van der Waals surface area (Å²) in [5.41, 5.74) is 6.12. The van der Waals surface area contributed by atoms with Crippen LogP contribution >= 0.6 is 11.6 Å². The van der Waals surface area contributed by atoms with Crippen molar-refractivity contribution in [1.82, 2.24) is 0 Å². The van der Waals surface area contributed by atoms with E-state index in [1.165, 1.54) is 0 Å². The van der Waals surface area contributed by atoms with Gasteiger partial charge in [-0.2, -0.15) is 0 Å². The number of ether oxygens (including phenoxy) is 1. The fourth-order valence-electron chi connectivity index (χ4n) is 1.67. The molecular weight excluding hydrogens is 246 g/mol. The maximum atomic E-state index is 12.0. The van der Waals surface area contributed by atoms with Gasteiger partial charge in [0.2, 0.25) is 0 Å². The lowest BCUT2D eigenvalue weighted by molar-refractivity contribution is 0.189. The highest BCUT2D eigenvalue weighted by atomic mass is 35.5. The van der Waals surface area contributed by atoms with Crippen LogP contribution in [0, 0.1) is 5.92 Å². The summed E-state index contributed by atoms with van der Waals surface area (Å²) in [6, 6.07) is 5.15. The second-order valence-corrected chi connectivity index (χ2v) is 5.83. The van der Waals surface area contributed by atoms with Crippen LogP contribution in [0.25, 0.3) is 0 Å². The molecule has 88 valence electrons. The monoisotopic (exact) mass is 259 g/mol. The molecule has 0 aromatic heterocycles. The van der Waals surface area contributed by atoms with Gasteiger partial charge < -0.3 is 10.5 Å². The van der Waals surface area contributed by atoms with Gasteiger partial charge in [0.1, 0.15) is 0 Å². The van der Waals surface area contributed by atoms with Crippen molar-refractivity contribution >= 4 is 28.1 Å². The van der Waals surface area contributed by atoms with Crippen molar-refractivity contribution in [3.05, 3.63) is 23.2 Å². The van der Waals surface area contributed by atoms with Crippen LogP contribution in [0.4, 0.5) is 5.69 Å². The number of benzene rings is 1. The number of hydrogen-bond acceptors (Lipinski definition) is 3. The molecule has 0 bridgehead atoms. The molecule has 2 atom stereocenters. The van der Waals surface area contributed by atoms with Crippen LogP contribution < -0.4 is 5.73 Å². The number of nitrogens with two attached hydrogens (primary N) is 1. The minimum Gasteiger partial charge on any atom is -0.398 e. The summed E-state index contributed by atoms with van der Waals surface area (Å²) in [5, 5.41) is 0.466. The normalized spacial score (nSPS) is 22.2. The highest BCUT2D eigenvalue weighted by Crippen LogP contribution is 2.23. The van der Waals surface area contributed by atoms with Crippen LogP contribution in [-0.2, 0) is 15.5 Å². The molecule has 0 spiro atoms. The Balaban J connectivity index is 2.05. The number of nitrogen functional groups attached to an aromatic ring is 1. The van der Waals surface area contributed by atoms with E-state index in [-0.39, 0.29) is 0 Å². The van der Waals surface area contributed by atoms with Gasteiger partial charge in [-0.3, -0.25) is 4.21 Å². The molecule has 1 heterocycles. The maximum Gasteiger partial charge on any atom is 0.0647 e. The molecule has 0 amide bonds. The quantitative estimate of drug-likeness (QED) is 0.846. The standard InChI is InChI=1S/C11H14ClNO2S/c12-10-5-9(1-2-11(10)13)16(14)7-8-3-4-15-6-8/h1-2,5,8H,3-4,6-7,13H2. The van der Waals surface area contributed by atoms with Crippen LogP contribution in [0.2, 0.25) is 5.02 Å². The Morgan fingerprint density at radius 1 is 1.56 bits per heavy atom. The van der Waals surface area contributed by atoms with E-state index in [9.17, 15) is 4.21 Å². The molecule has 2 N–H and O–H groups in total. The fourth-order valence-corrected chi connectivity index (χ4v) is 3.27. The first-order valence-electron chi connectivity index (χ1n) is 5.18. The average molecular weight is 260 g/mol. The van der Waals surface area contributed by atoms with E-state index in [1.807, 2.05) is 0 Å². The zero-order chi connectivity index (χ0) is 11.5. The molecule has 1 fully saturated rings. The summed E-state index contributed by atoms with van der Waals surface area (Å²) in [7, 11) is -1.01. The third-order valence-electron chi connectivity index (χ3n) is 2.65. The molecule has 0 radical (unpaired) electrons. The first-order valence-corrected chi connectivity index (χ1v) is 6.87. The summed E-state index contributed by atoms with van der Waals surface area (Å²) in [5.74, 6) is 1.04. The third-order valence-corrected chi connectivity index (χ3v) is 4.53. The van der Waals surface area contributed by atoms with E-state index >= 15 is 0 Å². The number of hydrogen-bond donors (Lipinski definition) is 1. The lowest BCUT2D eigenvalue weighted by Gasteiger charge is -2.08. The average Bonchev–Trinajstić information content (AvgIpc) is 2.74. The van der Waals surface area contributed by atoms with E-state index in [0.717, 1.165) is 17.9 Å². The number of halogens is 1. The van der Waals surface area contributed by atoms with Gasteiger partial charge in [-0.1, -0.05) is 11.6 Å². The second-order valence-electron chi connectivity index (χ2n) is 3.93. The van der Waals surface area contributed by atoms with Gasteiger partial charge >= 0.3 is 0 Å². The van der Waals surface area contributed by atoms with Crippen molar-refractivity contribution in [2.75, 3.05) is 24.7 Å². The molecule has 2 rings (SSSR count). The largest absolute Gasteiger partial charge is 0.398 e. The SMILES string of the molecule is Nc1ccc(S(=O)CC2CCOC2)cc1Cl. The zero-order valence-electron chi connectivity index (χ0n) is 8.82. The van der Waals surface area contributed by atoms with E-state index in [1.54, 1.807) is 18.2 Å². The Morgan fingerprint density at radius 2 is 2.38 bits per heavy atom. The van der Waals surface area contributed by atoms with Crippen LogP contribution in [0.3, 0.4) is 0 Å². The summed E-state index contributed by atoms with van der Waals surface area (Å²) in [4.78, 5) is 0.742. The van der Waals surface area contributed by atoms with E-state index in [4.69, 9.17) is 22.1 Å². The Hall–Kier alpha value is -0.580. The molecule has 1 aliphatic rings. The van der Waals surface area contributed by atoms with Crippen molar-refractivity contribution in [2.24, 2.45) is 5.92 Å². The summed E-state index contributed by atoms with van der Waals surface area (Å²) >= 11 is 5.89. The van der Waals surface area contributed by atoms with Crippen LogP contribution in [0.5, 0.6) is 0 Å². The highest BCUT2D eigenvalue weighted by molar-refractivity contribution is 7.85. The summed E-state index contributed by atoms with van der Waals surface area (Å²) in [6.07, 6.45) is 0.994. The fraction of sp³-hybridized carbons (Fsp3) is 0.455. The third kappa shape index (κ3) is 2.75. The molecule has 1 saturated heterocycles. The predicted molar refractivity (Wildman–Crippen MR) is 66.1 cm³/mol.